The van der Waals surface area contributed by atoms with E-state index in [0.717, 1.165) is 16.7 Å². The summed E-state index contributed by atoms with van der Waals surface area (Å²) in [7, 11) is 3.09. The van der Waals surface area contributed by atoms with E-state index in [9.17, 15) is 9.59 Å². The van der Waals surface area contributed by atoms with Crippen molar-refractivity contribution in [3.63, 3.8) is 0 Å². The number of aromatic nitrogens is 1. The van der Waals surface area contributed by atoms with Gasteiger partial charge >= 0.3 is 0 Å². The van der Waals surface area contributed by atoms with Gasteiger partial charge in [0.25, 0.3) is 11.8 Å². The number of fused-ring (bicyclic) bond motifs is 6. The van der Waals surface area contributed by atoms with E-state index >= 15 is 0 Å². The third kappa shape index (κ3) is 6.39. The Labute approximate surface area is 317 Å². The zero-order valence-electron chi connectivity index (χ0n) is 30.4. The van der Waals surface area contributed by atoms with Gasteiger partial charge in [0.2, 0.25) is 0 Å². The maximum absolute atomic E-state index is 13.8. The number of pyridine rings is 1. The van der Waals surface area contributed by atoms with Crippen molar-refractivity contribution in [2.45, 2.75) is 51.2 Å². The molecular formula is C43H38N6O6. The fourth-order valence-corrected chi connectivity index (χ4v) is 7.72. The third-order valence-electron chi connectivity index (χ3n) is 10.6. The predicted octanol–water partition coefficient (Wildman–Crippen LogP) is 6.41. The van der Waals surface area contributed by atoms with Crippen LogP contribution in [-0.4, -0.2) is 65.3 Å². The molecule has 2 amide bonds. The monoisotopic (exact) mass is 734 g/mol. The molecule has 5 aromatic rings. The highest BCUT2D eigenvalue weighted by atomic mass is 16.5. The number of methoxy groups -OCH3 is 2. The Hall–Kier alpha value is -6.69. The lowest BCUT2D eigenvalue weighted by Gasteiger charge is -2.34. The molecule has 1 unspecified atom stereocenters. The molecule has 2 N–H and O–H groups in total. The number of rotatable bonds is 8. The highest BCUT2D eigenvalue weighted by molar-refractivity contribution is 6.04. The standard InChI is InChI=1S/C43H38N6O6/c1-52-38-15-34-36(45-19-32-13-25-6-3-4-7-27(25)21-48(32)42(34)50)17-40(38)54-23-30-8-5-9-31(47-30)24-55-41-18-37-35(16-39(41)53-2)43(51)49-22-28-12-29(44)11-10-26(28)14-33(49)20-46-37/h3-12,15-20,32-33H,13-14,21-24,44H2,1-2H3/t32-,33?/m0/s1. The Bertz CT molecular complexity index is 2430. The number of aliphatic imine (C=N–C) groups is 2. The van der Waals surface area contributed by atoms with E-state index in [-0.39, 0.29) is 37.1 Å². The number of nitrogen functional groups attached to an aromatic ring is 1. The fourth-order valence-electron chi connectivity index (χ4n) is 7.72. The summed E-state index contributed by atoms with van der Waals surface area (Å²) in [5.74, 6) is 1.51. The van der Waals surface area contributed by atoms with Crippen molar-refractivity contribution < 1.29 is 28.5 Å². The van der Waals surface area contributed by atoms with Gasteiger partial charge in [0, 0.05) is 43.3 Å². The molecule has 0 saturated carbocycles. The average Bonchev–Trinajstić information content (AvgIpc) is 3.42. The minimum absolute atomic E-state index is 0.0940. The summed E-state index contributed by atoms with van der Waals surface area (Å²) in [6.07, 6.45) is 5.05. The van der Waals surface area contributed by atoms with E-state index in [1.54, 1.807) is 38.5 Å². The van der Waals surface area contributed by atoms with Crippen molar-refractivity contribution in [1.82, 2.24) is 14.8 Å². The van der Waals surface area contributed by atoms with Gasteiger partial charge in [-0.05, 0) is 71.5 Å². The summed E-state index contributed by atoms with van der Waals surface area (Å²) in [6, 6.07) is 26.2. The first kappa shape index (κ1) is 34.1. The highest BCUT2D eigenvalue weighted by Gasteiger charge is 2.35. The lowest BCUT2D eigenvalue weighted by Crippen LogP contribution is -2.44. The zero-order valence-corrected chi connectivity index (χ0v) is 30.4. The van der Waals surface area contributed by atoms with E-state index in [4.69, 9.17) is 39.6 Å². The smallest absolute Gasteiger partial charge is 0.257 e. The van der Waals surface area contributed by atoms with Crippen LogP contribution >= 0.6 is 0 Å². The van der Waals surface area contributed by atoms with Crippen molar-refractivity contribution in [3.8, 4) is 23.0 Å². The second-order valence-corrected chi connectivity index (χ2v) is 14.0. The fraction of sp³-hybridized carbons (Fsp3) is 0.233. The molecule has 4 aliphatic rings. The summed E-state index contributed by atoms with van der Waals surface area (Å²) >= 11 is 0. The Balaban J connectivity index is 0.895. The van der Waals surface area contributed by atoms with Crippen LogP contribution in [0.3, 0.4) is 0 Å². The Kier molecular flexibility index (Phi) is 8.64. The van der Waals surface area contributed by atoms with Gasteiger partial charge < -0.3 is 34.5 Å². The van der Waals surface area contributed by atoms with E-state index in [0.29, 0.717) is 88.5 Å². The van der Waals surface area contributed by atoms with Crippen LogP contribution in [0.4, 0.5) is 17.1 Å². The van der Waals surface area contributed by atoms with Gasteiger partial charge in [-0.2, -0.15) is 0 Å². The van der Waals surface area contributed by atoms with Crippen molar-refractivity contribution in [1.29, 1.82) is 0 Å². The van der Waals surface area contributed by atoms with Gasteiger partial charge in [0.05, 0.1) is 60.2 Å². The zero-order chi connectivity index (χ0) is 37.6. The summed E-state index contributed by atoms with van der Waals surface area (Å²) in [5.41, 5.74) is 14.6. The molecule has 0 aliphatic carbocycles. The van der Waals surface area contributed by atoms with E-state index in [1.165, 1.54) is 5.56 Å². The summed E-state index contributed by atoms with van der Waals surface area (Å²) < 4.78 is 23.8. The van der Waals surface area contributed by atoms with Gasteiger partial charge in [-0.3, -0.25) is 24.6 Å². The van der Waals surface area contributed by atoms with E-state index in [1.807, 2.05) is 70.8 Å². The van der Waals surface area contributed by atoms with Gasteiger partial charge in [0.1, 0.15) is 13.2 Å². The molecule has 55 heavy (non-hydrogen) atoms. The largest absolute Gasteiger partial charge is 0.493 e. The molecule has 0 bridgehead atoms. The number of benzene rings is 4. The quantitative estimate of drug-likeness (QED) is 0.181. The van der Waals surface area contributed by atoms with Crippen LogP contribution < -0.4 is 24.7 Å². The van der Waals surface area contributed by atoms with Crippen LogP contribution in [0.2, 0.25) is 0 Å². The number of ether oxygens (including phenoxy) is 4. The SMILES string of the molecule is COc1cc2c(cc1OCc1cccc(COc3cc4c(cc3OC)C(=O)N3Cc5ccccc5C[C@H]3C=N4)n1)N=CC1Cc3ccc(N)cc3CN1C2=O. The first-order valence-electron chi connectivity index (χ1n) is 18.1. The molecule has 5 heterocycles. The van der Waals surface area contributed by atoms with Crippen molar-refractivity contribution >= 4 is 41.3 Å². The molecule has 12 nitrogen and oxygen atoms in total. The molecule has 12 heteroatoms. The lowest BCUT2D eigenvalue weighted by atomic mass is 9.93. The first-order valence-corrected chi connectivity index (χ1v) is 18.1. The molecule has 4 aliphatic heterocycles. The lowest BCUT2D eigenvalue weighted by molar-refractivity contribution is 0.0696. The third-order valence-corrected chi connectivity index (χ3v) is 10.6. The number of amides is 2. The van der Waals surface area contributed by atoms with Crippen LogP contribution in [0, 0.1) is 0 Å². The number of hydrogen-bond acceptors (Lipinski definition) is 10. The number of carbonyl (C=O) groups is 2. The summed E-state index contributed by atoms with van der Waals surface area (Å²) in [6.45, 7) is 1.24. The van der Waals surface area contributed by atoms with Crippen LogP contribution in [0.5, 0.6) is 23.0 Å². The molecule has 0 saturated heterocycles. The first-order chi connectivity index (χ1) is 26.8. The Morgan fingerprint density at radius 3 is 1.71 bits per heavy atom. The second kappa shape index (κ2) is 13.9. The van der Waals surface area contributed by atoms with Gasteiger partial charge in [-0.15, -0.1) is 0 Å². The second-order valence-electron chi connectivity index (χ2n) is 14.0. The van der Waals surface area contributed by atoms with E-state index < -0.39 is 0 Å². The highest BCUT2D eigenvalue weighted by Crippen LogP contribution is 2.40. The molecule has 0 radical (unpaired) electrons. The maximum Gasteiger partial charge on any atom is 0.257 e. The minimum atomic E-state index is -0.178. The van der Waals surface area contributed by atoms with Crippen LogP contribution in [0.15, 0.2) is 94.9 Å². The van der Waals surface area contributed by atoms with Crippen molar-refractivity contribution in [2.75, 3.05) is 20.0 Å². The number of anilines is 1. The van der Waals surface area contributed by atoms with E-state index in [2.05, 4.69) is 12.1 Å². The van der Waals surface area contributed by atoms with Crippen LogP contribution in [0.1, 0.15) is 54.4 Å². The maximum atomic E-state index is 13.8. The normalized spacial score (nSPS) is 17.8. The van der Waals surface area contributed by atoms with Gasteiger partial charge in [-0.25, -0.2) is 0 Å². The molecule has 4 aromatic carbocycles. The number of carbonyl (C=O) groups excluding carboxylic acids is 2. The molecule has 2 atom stereocenters. The predicted molar refractivity (Wildman–Crippen MR) is 207 cm³/mol. The van der Waals surface area contributed by atoms with Gasteiger partial charge in [0.15, 0.2) is 23.0 Å². The number of nitrogens with two attached hydrogens (primary N) is 1. The molecule has 1 aromatic heterocycles. The average molecular weight is 735 g/mol. The molecule has 276 valence electrons. The number of hydrogen-bond donors (Lipinski definition) is 1. The summed E-state index contributed by atoms with van der Waals surface area (Å²) in [5, 5.41) is 0. The van der Waals surface area contributed by atoms with Crippen LogP contribution in [0.25, 0.3) is 0 Å². The van der Waals surface area contributed by atoms with Gasteiger partial charge in [-0.1, -0.05) is 36.4 Å². The van der Waals surface area contributed by atoms with Crippen molar-refractivity contribution in [3.05, 3.63) is 130 Å². The van der Waals surface area contributed by atoms with Crippen LogP contribution in [-0.2, 0) is 39.1 Å². The molecule has 0 spiro atoms. The Morgan fingerprint density at radius 2 is 1.15 bits per heavy atom. The van der Waals surface area contributed by atoms with Crippen molar-refractivity contribution in [2.24, 2.45) is 9.98 Å². The topological polar surface area (TPSA) is 141 Å². The molecule has 0 fully saturated rings. The molecular weight excluding hydrogens is 697 g/mol. The molecule has 9 rings (SSSR count). The number of nitrogens with zero attached hydrogens (tertiary/aromatic N) is 5. The minimum Gasteiger partial charge on any atom is -0.493 e. The summed E-state index contributed by atoms with van der Waals surface area (Å²) in [4.78, 5) is 45.5. The Morgan fingerprint density at radius 1 is 0.618 bits per heavy atom.